The Labute approximate surface area is 284 Å². The Morgan fingerprint density at radius 3 is 2.47 bits per heavy atom. The number of carbonyl (C=O) groups is 4. The summed E-state index contributed by atoms with van der Waals surface area (Å²) >= 11 is 0. The standard InChI is InChI=1S/C36H39N9O4/c37-33(47)32-34(40-30(22-38-32)44-15-2-1-3-16-44)39-26-8-10-27(11-9-26)43-19-17-42(18-20-43)14-4-5-24-6-7-25-23-45(36(49)28(25)21-24)29-12-13-31(46)41-35(29)48/h6-11,21-22,29H,1-3,12-20,23H2,(H2,37,47)(H,39,40)(H,41,46,48). The number of anilines is 4. The molecular weight excluding hydrogens is 622 g/mol. The van der Waals surface area contributed by atoms with Gasteiger partial charge in [-0.15, -0.1) is 0 Å². The molecule has 3 fully saturated rings. The van der Waals surface area contributed by atoms with Crippen LogP contribution >= 0.6 is 0 Å². The van der Waals surface area contributed by atoms with E-state index in [1.165, 1.54) is 6.42 Å². The summed E-state index contributed by atoms with van der Waals surface area (Å²) < 4.78 is 0. The second kappa shape index (κ2) is 13.9. The second-order valence-electron chi connectivity index (χ2n) is 12.8. The molecule has 4 amide bonds. The van der Waals surface area contributed by atoms with Crippen LogP contribution in [0.4, 0.5) is 23.0 Å². The van der Waals surface area contributed by atoms with E-state index in [0.29, 0.717) is 30.9 Å². The maximum atomic E-state index is 13.1. The third kappa shape index (κ3) is 7.05. The quantitative estimate of drug-likeness (QED) is 0.254. The third-order valence-corrected chi connectivity index (χ3v) is 9.60. The minimum Gasteiger partial charge on any atom is -0.369 e. The van der Waals surface area contributed by atoms with Gasteiger partial charge in [-0.1, -0.05) is 17.9 Å². The summed E-state index contributed by atoms with van der Waals surface area (Å²) in [6.45, 7) is 6.24. The first kappa shape index (κ1) is 32.1. The zero-order chi connectivity index (χ0) is 33.9. The summed E-state index contributed by atoms with van der Waals surface area (Å²) in [6, 6.07) is 13.0. The van der Waals surface area contributed by atoms with E-state index in [2.05, 4.69) is 54.3 Å². The van der Waals surface area contributed by atoms with Crippen LogP contribution < -0.4 is 26.2 Å². The van der Waals surface area contributed by atoms with E-state index in [1.54, 1.807) is 17.2 Å². The molecule has 4 N–H and O–H groups in total. The van der Waals surface area contributed by atoms with Crippen molar-refractivity contribution in [2.24, 2.45) is 5.73 Å². The molecule has 2 aromatic carbocycles. The van der Waals surface area contributed by atoms with E-state index in [9.17, 15) is 19.2 Å². The fourth-order valence-electron chi connectivity index (χ4n) is 6.86. The fourth-order valence-corrected chi connectivity index (χ4v) is 6.86. The van der Waals surface area contributed by atoms with Crippen molar-refractivity contribution in [2.75, 3.05) is 60.9 Å². The minimum absolute atomic E-state index is 0.116. The molecule has 13 nitrogen and oxygen atoms in total. The monoisotopic (exact) mass is 661 g/mol. The summed E-state index contributed by atoms with van der Waals surface area (Å²) in [7, 11) is 0. The average molecular weight is 662 g/mol. The number of carbonyl (C=O) groups excluding carboxylic acids is 4. The molecule has 0 radical (unpaired) electrons. The van der Waals surface area contributed by atoms with Crippen LogP contribution in [-0.2, 0) is 16.1 Å². The Morgan fingerprint density at radius 1 is 0.959 bits per heavy atom. The van der Waals surface area contributed by atoms with Gasteiger partial charge in [-0.05, 0) is 67.6 Å². The maximum absolute atomic E-state index is 13.1. The Hall–Kier alpha value is -5.48. The van der Waals surface area contributed by atoms with Gasteiger partial charge in [-0.2, -0.15) is 0 Å². The summed E-state index contributed by atoms with van der Waals surface area (Å²) in [5.41, 5.74) is 9.81. The van der Waals surface area contributed by atoms with Crippen molar-refractivity contribution in [3.63, 3.8) is 0 Å². The number of imide groups is 1. The number of hydrogen-bond donors (Lipinski definition) is 3. The average Bonchev–Trinajstić information content (AvgIpc) is 3.44. The van der Waals surface area contributed by atoms with E-state index < -0.39 is 17.9 Å². The van der Waals surface area contributed by atoms with Crippen molar-refractivity contribution in [3.8, 4) is 11.8 Å². The molecule has 49 heavy (non-hydrogen) atoms. The van der Waals surface area contributed by atoms with Crippen LogP contribution in [0.1, 0.15) is 64.1 Å². The molecule has 1 unspecified atom stereocenters. The number of primary amides is 1. The second-order valence-corrected chi connectivity index (χ2v) is 12.8. The number of nitrogens with one attached hydrogen (secondary N) is 2. The largest absolute Gasteiger partial charge is 0.369 e. The molecule has 1 aromatic heterocycles. The van der Waals surface area contributed by atoms with Crippen molar-refractivity contribution in [1.82, 2.24) is 25.1 Å². The maximum Gasteiger partial charge on any atom is 0.271 e. The zero-order valence-electron chi connectivity index (χ0n) is 27.3. The van der Waals surface area contributed by atoms with Gasteiger partial charge in [0, 0.05) is 74.7 Å². The minimum atomic E-state index is -0.626. The molecule has 0 spiro atoms. The molecule has 0 aliphatic carbocycles. The first-order valence-corrected chi connectivity index (χ1v) is 16.8. The van der Waals surface area contributed by atoms with Gasteiger partial charge in [-0.3, -0.25) is 29.4 Å². The molecule has 5 heterocycles. The van der Waals surface area contributed by atoms with Gasteiger partial charge in [0.25, 0.3) is 11.8 Å². The highest BCUT2D eigenvalue weighted by molar-refractivity contribution is 6.05. The molecule has 252 valence electrons. The number of hydrogen-bond acceptors (Lipinski definition) is 10. The zero-order valence-corrected chi connectivity index (χ0v) is 27.3. The summed E-state index contributed by atoms with van der Waals surface area (Å²) in [6.07, 6.45) is 5.63. The molecule has 3 aromatic rings. The van der Waals surface area contributed by atoms with Gasteiger partial charge >= 0.3 is 0 Å². The van der Waals surface area contributed by atoms with Crippen molar-refractivity contribution in [1.29, 1.82) is 0 Å². The van der Waals surface area contributed by atoms with Crippen LogP contribution in [-0.4, -0.2) is 95.3 Å². The highest BCUT2D eigenvalue weighted by atomic mass is 16.2. The number of piperazine rings is 1. The van der Waals surface area contributed by atoms with Crippen LogP contribution in [0, 0.1) is 11.8 Å². The van der Waals surface area contributed by atoms with Gasteiger partial charge in [0.1, 0.15) is 11.9 Å². The Bertz CT molecular complexity index is 1840. The summed E-state index contributed by atoms with van der Waals surface area (Å²) in [5.74, 6) is 6.04. The lowest BCUT2D eigenvalue weighted by Crippen LogP contribution is -2.52. The molecule has 13 heteroatoms. The Morgan fingerprint density at radius 2 is 1.73 bits per heavy atom. The molecular formula is C36H39N9O4. The smallest absolute Gasteiger partial charge is 0.271 e. The number of fused-ring (bicyclic) bond motifs is 1. The third-order valence-electron chi connectivity index (χ3n) is 9.60. The molecule has 1 atom stereocenters. The van der Waals surface area contributed by atoms with E-state index in [0.717, 1.165) is 80.4 Å². The number of benzene rings is 2. The van der Waals surface area contributed by atoms with Gasteiger partial charge < -0.3 is 25.8 Å². The number of rotatable bonds is 7. The van der Waals surface area contributed by atoms with Crippen LogP contribution in [0.15, 0.2) is 48.7 Å². The first-order chi connectivity index (χ1) is 23.8. The number of nitrogens with zero attached hydrogens (tertiary/aromatic N) is 6. The van der Waals surface area contributed by atoms with Crippen molar-refractivity contribution < 1.29 is 19.2 Å². The lowest BCUT2D eigenvalue weighted by atomic mass is 10.0. The number of nitrogens with two attached hydrogens (primary N) is 1. The predicted octanol–water partition coefficient (Wildman–Crippen LogP) is 2.24. The molecule has 4 aliphatic rings. The number of amides is 4. The van der Waals surface area contributed by atoms with E-state index in [4.69, 9.17) is 10.7 Å². The van der Waals surface area contributed by atoms with Crippen LogP contribution in [0.3, 0.4) is 0 Å². The van der Waals surface area contributed by atoms with Crippen molar-refractivity contribution in [3.05, 3.63) is 71.0 Å². The topological polar surface area (TPSA) is 157 Å². The Balaban J connectivity index is 0.917. The Kier molecular flexibility index (Phi) is 9.13. The van der Waals surface area contributed by atoms with Gasteiger partial charge in [0.15, 0.2) is 11.5 Å². The lowest BCUT2D eigenvalue weighted by Gasteiger charge is -2.35. The van der Waals surface area contributed by atoms with Crippen LogP contribution in [0.2, 0.25) is 0 Å². The van der Waals surface area contributed by atoms with Crippen molar-refractivity contribution in [2.45, 2.75) is 44.7 Å². The highest BCUT2D eigenvalue weighted by Gasteiger charge is 2.39. The SMILES string of the molecule is NC(=O)c1ncc(N2CCCCC2)nc1Nc1ccc(N2CCN(CC#Cc3ccc4c(c3)C(=O)N(C3CCC(=O)NC3=O)C4)CC2)cc1. The van der Waals surface area contributed by atoms with E-state index in [-0.39, 0.29) is 23.9 Å². The molecule has 3 saturated heterocycles. The molecule has 7 rings (SSSR count). The predicted molar refractivity (Wildman–Crippen MR) is 184 cm³/mol. The van der Waals surface area contributed by atoms with Crippen molar-refractivity contribution >= 4 is 46.6 Å². The van der Waals surface area contributed by atoms with Crippen LogP contribution in [0.25, 0.3) is 0 Å². The molecule has 0 bridgehead atoms. The summed E-state index contributed by atoms with van der Waals surface area (Å²) in [4.78, 5) is 66.5. The first-order valence-electron chi connectivity index (χ1n) is 16.8. The highest BCUT2D eigenvalue weighted by Crippen LogP contribution is 2.29. The number of piperidine rings is 2. The number of aromatic nitrogens is 2. The lowest BCUT2D eigenvalue weighted by molar-refractivity contribution is -0.136. The van der Waals surface area contributed by atoms with Gasteiger partial charge in [0.05, 0.1) is 12.7 Å². The molecule has 4 aliphatic heterocycles. The van der Waals surface area contributed by atoms with Gasteiger partial charge in [-0.25, -0.2) is 9.97 Å². The molecule has 0 saturated carbocycles. The van der Waals surface area contributed by atoms with Crippen LogP contribution in [0.5, 0.6) is 0 Å². The fraction of sp³-hybridized carbons (Fsp3) is 0.389. The van der Waals surface area contributed by atoms with Gasteiger partial charge in [0.2, 0.25) is 11.8 Å². The van der Waals surface area contributed by atoms with E-state index >= 15 is 0 Å². The van der Waals surface area contributed by atoms with E-state index in [1.807, 2.05) is 24.3 Å². The normalized spacial score (nSPS) is 19.6. The summed E-state index contributed by atoms with van der Waals surface area (Å²) in [5, 5.41) is 5.59.